The smallest absolute Gasteiger partial charge is 0.335 e. The average molecular weight is 322 g/mol. The first-order chi connectivity index (χ1) is 10.8. The lowest BCUT2D eigenvalue weighted by Crippen LogP contribution is -2.45. The minimum Gasteiger partial charge on any atom is -0.352 e. The Labute approximate surface area is 132 Å². The summed E-state index contributed by atoms with van der Waals surface area (Å²) in [4.78, 5) is 61.5. The van der Waals surface area contributed by atoms with Crippen molar-refractivity contribution in [1.29, 1.82) is 0 Å². The summed E-state index contributed by atoms with van der Waals surface area (Å²) in [6.07, 6.45) is 3.17. The number of rotatable bonds is 7. The van der Waals surface area contributed by atoms with Crippen LogP contribution < -0.4 is 5.32 Å². The van der Waals surface area contributed by atoms with Gasteiger partial charge in [-0.05, 0) is 12.8 Å². The fourth-order valence-electron chi connectivity index (χ4n) is 2.04. The van der Waals surface area contributed by atoms with Crippen LogP contribution >= 0.6 is 0 Å². The number of hydrogen-bond acceptors (Lipinski definition) is 5. The second-order valence-corrected chi connectivity index (χ2v) is 5.47. The van der Waals surface area contributed by atoms with Gasteiger partial charge in [-0.25, -0.2) is 9.69 Å². The number of imide groups is 2. The van der Waals surface area contributed by atoms with Crippen LogP contribution in [-0.4, -0.2) is 77.1 Å². The molecule has 2 rings (SSSR count). The predicted octanol–water partition coefficient (Wildman–Crippen LogP) is -1.30. The summed E-state index contributed by atoms with van der Waals surface area (Å²) >= 11 is 0. The van der Waals surface area contributed by atoms with Crippen molar-refractivity contribution >= 4 is 29.7 Å². The highest BCUT2D eigenvalue weighted by atomic mass is 16.2. The maximum Gasteiger partial charge on any atom is 0.335 e. The second-order valence-electron chi connectivity index (χ2n) is 5.47. The van der Waals surface area contributed by atoms with Gasteiger partial charge in [-0.3, -0.25) is 24.1 Å². The third kappa shape index (κ3) is 3.74. The molecule has 0 radical (unpaired) electrons. The molecule has 0 aromatic rings. The summed E-state index contributed by atoms with van der Waals surface area (Å²) in [7, 11) is 1.39. The first-order valence-electron chi connectivity index (χ1n) is 7.16. The molecular weight excluding hydrogens is 304 g/mol. The van der Waals surface area contributed by atoms with Crippen molar-refractivity contribution in [2.75, 3.05) is 26.7 Å². The van der Waals surface area contributed by atoms with Gasteiger partial charge in [-0.2, -0.15) is 0 Å². The van der Waals surface area contributed by atoms with Gasteiger partial charge in [-0.1, -0.05) is 6.08 Å². The lowest BCUT2D eigenvalue weighted by molar-refractivity contribution is -0.145. The molecule has 0 aromatic heterocycles. The van der Waals surface area contributed by atoms with Crippen LogP contribution in [0.3, 0.4) is 0 Å². The summed E-state index contributed by atoms with van der Waals surface area (Å²) < 4.78 is 0. The van der Waals surface area contributed by atoms with Gasteiger partial charge >= 0.3 is 17.8 Å². The third-order valence-corrected chi connectivity index (χ3v) is 3.49. The number of amides is 6. The lowest BCUT2D eigenvalue weighted by atomic mass is 10.4. The Morgan fingerprint density at radius 3 is 2.43 bits per heavy atom. The molecule has 0 atom stereocenters. The summed E-state index contributed by atoms with van der Waals surface area (Å²) in [5, 5.41) is 2.73. The van der Waals surface area contributed by atoms with E-state index < -0.39 is 30.3 Å². The van der Waals surface area contributed by atoms with Crippen LogP contribution in [-0.2, 0) is 19.2 Å². The van der Waals surface area contributed by atoms with Crippen molar-refractivity contribution in [3.8, 4) is 0 Å². The number of carbonyl (C=O) groups is 5. The molecule has 1 saturated carbocycles. The molecule has 1 saturated heterocycles. The van der Waals surface area contributed by atoms with Crippen molar-refractivity contribution in [2.45, 2.75) is 18.9 Å². The monoisotopic (exact) mass is 322 g/mol. The Kier molecular flexibility index (Phi) is 4.77. The fourth-order valence-corrected chi connectivity index (χ4v) is 2.04. The van der Waals surface area contributed by atoms with Gasteiger partial charge in [0, 0.05) is 19.6 Å². The number of carbonyl (C=O) groups excluding carboxylic acids is 5. The van der Waals surface area contributed by atoms with Gasteiger partial charge < -0.3 is 10.2 Å². The molecule has 9 nitrogen and oxygen atoms in total. The van der Waals surface area contributed by atoms with E-state index in [1.54, 1.807) is 0 Å². The van der Waals surface area contributed by atoms with E-state index in [9.17, 15) is 24.0 Å². The minimum absolute atomic E-state index is 0.103. The SMILES string of the molecule is C=CCN1C(=O)C(=O)N(CC(=O)N(C)CC(=O)NC2CC2)C1=O. The van der Waals surface area contributed by atoms with E-state index in [2.05, 4.69) is 11.9 Å². The summed E-state index contributed by atoms with van der Waals surface area (Å²) in [6.45, 7) is 2.54. The normalized spacial score (nSPS) is 17.5. The maximum absolute atomic E-state index is 12.0. The van der Waals surface area contributed by atoms with E-state index in [1.165, 1.54) is 13.1 Å². The van der Waals surface area contributed by atoms with Crippen LogP contribution in [0.1, 0.15) is 12.8 Å². The van der Waals surface area contributed by atoms with E-state index in [4.69, 9.17) is 0 Å². The maximum atomic E-state index is 12.0. The van der Waals surface area contributed by atoms with E-state index in [-0.39, 0.29) is 25.0 Å². The minimum atomic E-state index is -1.05. The van der Waals surface area contributed by atoms with Crippen LogP contribution in [0.5, 0.6) is 0 Å². The highest BCUT2D eigenvalue weighted by Gasteiger charge is 2.44. The molecule has 0 aromatic carbocycles. The molecule has 1 aliphatic heterocycles. The number of hydrogen-bond donors (Lipinski definition) is 1. The Morgan fingerprint density at radius 1 is 1.26 bits per heavy atom. The van der Waals surface area contributed by atoms with E-state index in [1.807, 2.05) is 0 Å². The summed E-state index contributed by atoms with van der Waals surface area (Å²) in [5.41, 5.74) is 0. The molecule has 1 heterocycles. The zero-order valence-electron chi connectivity index (χ0n) is 12.8. The molecule has 1 N–H and O–H groups in total. The zero-order valence-corrected chi connectivity index (χ0v) is 12.8. The van der Waals surface area contributed by atoms with Crippen LogP contribution in [0.15, 0.2) is 12.7 Å². The Balaban J connectivity index is 1.91. The molecule has 0 spiro atoms. The molecule has 0 unspecified atom stereocenters. The molecule has 1 aliphatic carbocycles. The van der Waals surface area contributed by atoms with E-state index in [0.717, 1.165) is 17.7 Å². The summed E-state index contributed by atoms with van der Waals surface area (Å²) in [6, 6.07) is -0.679. The van der Waals surface area contributed by atoms with E-state index in [0.29, 0.717) is 9.80 Å². The first kappa shape index (κ1) is 16.7. The summed E-state index contributed by atoms with van der Waals surface area (Å²) in [5.74, 6) is -2.95. The van der Waals surface area contributed by atoms with Gasteiger partial charge in [0.05, 0.1) is 6.54 Å². The first-order valence-corrected chi connectivity index (χ1v) is 7.16. The number of nitrogens with one attached hydrogen (secondary N) is 1. The van der Waals surface area contributed by atoms with Crippen molar-refractivity contribution in [3.63, 3.8) is 0 Å². The highest BCUT2D eigenvalue weighted by Crippen LogP contribution is 2.18. The van der Waals surface area contributed by atoms with Gasteiger partial charge in [0.15, 0.2) is 0 Å². The standard InChI is InChI=1S/C14H18N4O5/c1-3-6-17-12(21)13(22)18(14(17)23)8-11(20)16(2)7-10(19)15-9-4-5-9/h3,9H,1,4-8H2,2H3,(H,15,19). The molecule has 23 heavy (non-hydrogen) atoms. The largest absolute Gasteiger partial charge is 0.352 e. The predicted molar refractivity (Wildman–Crippen MR) is 77.8 cm³/mol. The Bertz CT molecular complexity index is 584. The number of likely N-dealkylation sites (N-methyl/N-ethyl adjacent to an activating group) is 1. The van der Waals surface area contributed by atoms with Gasteiger partial charge in [0.2, 0.25) is 11.8 Å². The number of nitrogens with zero attached hydrogens (tertiary/aromatic N) is 3. The van der Waals surface area contributed by atoms with Crippen molar-refractivity contribution < 1.29 is 24.0 Å². The molecule has 2 fully saturated rings. The van der Waals surface area contributed by atoms with Gasteiger partial charge in [-0.15, -0.1) is 6.58 Å². The lowest BCUT2D eigenvalue weighted by Gasteiger charge is -2.20. The van der Waals surface area contributed by atoms with Crippen LogP contribution in [0.4, 0.5) is 4.79 Å². The topological polar surface area (TPSA) is 107 Å². The van der Waals surface area contributed by atoms with Crippen molar-refractivity contribution in [3.05, 3.63) is 12.7 Å². The molecule has 6 amide bonds. The van der Waals surface area contributed by atoms with Crippen LogP contribution in [0, 0.1) is 0 Å². The van der Waals surface area contributed by atoms with Crippen molar-refractivity contribution in [2.24, 2.45) is 0 Å². The molecular formula is C14H18N4O5. The molecule has 0 bridgehead atoms. The van der Waals surface area contributed by atoms with E-state index >= 15 is 0 Å². The van der Waals surface area contributed by atoms with Crippen LogP contribution in [0.25, 0.3) is 0 Å². The molecule has 2 aliphatic rings. The van der Waals surface area contributed by atoms with Crippen molar-refractivity contribution in [1.82, 2.24) is 20.0 Å². The Morgan fingerprint density at radius 2 is 1.87 bits per heavy atom. The second kappa shape index (κ2) is 6.59. The Hall–Kier alpha value is -2.71. The molecule has 124 valence electrons. The quantitative estimate of drug-likeness (QED) is 0.356. The zero-order chi connectivity index (χ0) is 17.1. The van der Waals surface area contributed by atoms with Gasteiger partial charge in [0.1, 0.15) is 6.54 Å². The average Bonchev–Trinajstić information content (AvgIpc) is 3.28. The number of urea groups is 1. The third-order valence-electron chi connectivity index (χ3n) is 3.49. The van der Waals surface area contributed by atoms with Crippen LogP contribution in [0.2, 0.25) is 0 Å². The molecule has 9 heteroatoms. The fraction of sp³-hybridized carbons (Fsp3) is 0.500. The highest BCUT2D eigenvalue weighted by molar-refractivity contribution is 6.45. The van der Waals surface area contributed by atoms with Gasteiger partial charge in [0.25, 0.3) is 0 Å².